The van der Waals surface area contributed by atoms with Crippen LogP contribution in [0, 0.1) is 18.6 Å². The maximum atomic E-state index is 14.1. The second-order valence-electron chi connectivity index (χ2n) is 10.8. The number of carbonyl (C=O) groups excluding carboxylic acids is 1. The summed E-state index contributed by atoms with van der Waals surface area (Å²) in [6, 6.07) is 15.4. The van der Waals surface area contributed by atoms with Crippen LogP contribution in [0.5, 0.6) is 0 Å². The highest BCUT2D eigenvalue weighted by atomic mass is 32.2. The Morgan fingerprint density at radius 2 is 1.91 bits per heavy atom. The number of rotatable bonds is 9. The molecule has 3 heterocycles. The van der Waals surface area contributed by atoms with Crippen LogP contribution in [0.15, 0.2) is 71.2 Å². The summed E-state index contributed by atoms with van der Waals surface area (Å²) in [5.41, 5.74) is 3.09. The zero-order valence-electron chi connectivity index (χ0n) is 24.8. The molecular weight excluding hydrogens is 590 g/mol. The van der Waals surface area contributed by atoms with Crippen molar-refractivity contribution >= 4 is 27.4 Å². The maximum Gasteiger partial charge on any atom is 0.320 e. The zero-order valence-corrected chi connectivity index (χ0v) is 25.6. The molecule has 2 aromatic carbocycles. The molecule has 0 saturated carbocycles. The van der Waals surface area contributed by atoms with Crippen molar-refractivity contribution in [2.24, 2.45) is 4.36 Å². The molecule has 5 rings (SSSR count). The van der Waals surface area contributed by atoms with Gasteiger partial charge in [0, 0.05) is 53.3 Å². The lowest BCUT2D eigenvalue weighted by molar-refractivity contribution is 0.0210. The van der Waals surface area contributed by atoms with E-state index in [9.17, 15) is 17.8 Å². The number of hydrogen-bond donors (Lipinski definition) is 2. The van der Waals surface area contributed by atoms with Crippen LogP contribution >= 0.6 is 0 Å². The molecule has 4 aromatic rings. The lowest BCUT2D eigenvalue weighted by atomic mass is 10.0. The minimum atomic E-state index is -2.37. The lowest BCUT2D eigenvalue weighted by Gasteiger charge is -2.21. The number of benzene rings is 2. The number of para-hydroxylation sites is 1. The molecule has 0 unspecified atom stereocenters. The highest BCUT2D eigenvalue weighted by molar-refractivity contribution is 7.92. The predicted octanol–water partition coefficient (Wildman–Crippen LogP) is 5.94. The maximum absolute atomic E-state index is 14.1. The number of nitrogens with one attached hydrogen (secondary N) is 2. The fourth-order valence-electron chi connectivity index (χ4n) is 5.12. The van der Waals surface area contributed by atoms with Gasteiger partial charge in [-0.25, -0.2) is 27.5 Å². The van der Waals surface area contributed by atoms with Crippen LogP contribution in [0.3, 0.4) is 0 Å². The summed E-state index contributed by atoms with van der Waals surface area (Å²) in [5.74, 6) is -1.17. The van der Waals surface area contributed by atoms with Crippen LogP contribution < -0.4 is 10.6 Å². The first kappa shape index (κ1) is 31.2. The molecule has 1 fully saturated rings. The van der Waals surface area contributed by atoms with E-state index in [0.717, 1.165) is 17.8 Å². The topological polar surface area (TPSA) is 120 Å². The van der Waals surface area contributed by atoms with Crippen molar-refractivity contribution in [3.8, 4) is 16.9 Å². The third-order valence-corrected chi connectivity index (χ3v) is 7.77. The summed E-state index contributed by atoms with van der Waals surface area (Å²) in [7, 11) is -0.783. The first-order valence-electron chi connectivity index (χ1n) is 14.0. The Kier molecular flexibility index (Phi) is 9.37. The number of aromatic nitrogens is 3. The molecule has 1 saturated heterocycles. The first-order chi connectivity index (χ1) is 21.0. The van der Waals surface area contributed by atoms with Gasteiger partial charge in [0.05, 0.1) is 23.5 Å². The third kappa shape index (κ3) is 7.29. The highest BCUT2D eigenvalue weighted by Gasteiger charge is 2.37. The molecule has 3 atom stereocenters. The van der Waals surface area contributed by atoms with E-state index in [2.05, 4.69) is 20.0 Å². The summed E-state index contributed by atoms with van der Waals surface area (Å²) in [4.78, 5) is 17.8. The van der Waals surface area contributed by atoms with E-state index in [1.807, 2.05) is 37.3 Å². The normalized spacial score (nSPS) is 18.3. The largest absolute Gasteiger partial charge is 0.385 e. The Labute approximate surface area is 255 Å². The fraction of sp³-hybridized carbons (Fsp3) is 0.323. The molecule has 10 nitrogen and oxygen atoms in total. The second kappa shape index (κ2) is 13.2. The summed E-state index contributed by atoms with van der Waals surface area (Å²) < 4.78 is 57.0. The molecule has 2 N–H and O–H groups in total. The van der Waals surface area contributed by atoms with E-state index in [0.29, 0.717) is 53.5 Å². The van der Waals surface area contributed by atoms with Crippen molar-refractivity contribution in [2.75, 3.05) is 31.5 Å². The van der Waals surface area contributed by atoms with Crippen molar-refractivity contribution in [1.82, 2.24) is 20.1 Å². The number of pyridine rings is 1. The van der Waals surface area contributed by atoms with Crippen LogP contribution in [-0.2, 0) is 19.2 Å². The molecule has 2 aromatic heterocycles. The number of anilines is 1. The van der Waals surface area contributed by atoms with Crippen molar-refractivity contribution in [1.29, 1.82) is 0 Å². The molecule has 1 aliphatic heterocycles. The van der Waals surface area contributed by atoms with Crippen LogP contribution in [-0.4, -0.2) is 63.4 Å². The summed E-state index contributed by atoms with van der Waals surface area (Å²) in [6.45, 7) is 2.29. The molecular formula is C31H34F2N6O4S. The summed E-state index contributed by atoms with van der Waals surface area (Å²) in [6.07, 6.45) is 4.76. The smallest absolute Gasteiger partial charge is 0.320 e. The first-order valence-corrected chi connectivity index (χ1v) is 16.3. The van der Waals surface area contributed by atoms with Gasteiger partial charge < -0.3 is 14.8 Å². The van der Waals surface area contributed by atoms with Gasteiger partial charge in [0.2, 0.25) is 0 Å². The Hall–Kier alpha value is -4.20. The Morgan fingerprint density at radius 1 is 1.14 bits per heavy atom. The highest BCUT2D eigenvalue weighted by Crippen LogP contribution is 2.36. The van der Waals surface area contributed by atoms with Crippen molar-refractivity contribution in [3.63, 3.8) is 0 Å². The van der Waals surface area contributed by atoms with Gasteiger partial charge in [-0.1, -0.05) is 24.3 Å². The summed E-state index contributed by atoms with van der Waals surface area (Å²) in [5, 5.41) is 10.7. The van der Waals surface area contributed by atoms with Gasteiger partial charge in [0.1, 0.15) is 11.9 Å². The van der Waals surface area contributed by atoms with Crippen molar-refractivity contribution in [2.45, 2.75) is 38.0 Å². The predicted molar refractivity (Wildman–Crippen MR) is 165 cm³/mol. The number of hydrogen-bond acceptors (Lipinski definition) is 7. The molecule has 13 heteroatoms. The SMILES string of the molecule is COCC[C@@H]1C[C@@H](NC(=O)Nc2c(C)c(-c3ccc(N=S(C)(C)=O)nc3)nn2-c2ccccc2)[C@H](c2ccc(F)c(F)c2)O1. The number of halogens is 2. The van der Waals surface area contributed by atoms with Crippen LogP contribution in [0.1, 0.15) is 30.1 Å². The van der Waals surface area contributed by atoms with E-state index in [1.54, 1.807) is 30.1 Å². The Morgan fingerprint density at radius 3 is 2.57 bits per heavy atom. The van der Waals surface area contributed by atoms with E-state index < -0.39 is 39.5 Å². The number of amides is 2. The monoisotopic (exact) mass is 624 g/mol. The minimum Gasteiger partial charge on any atom is -0.385 e. The fourth-order valence-corrected chi connectivity index (χ4v) is 5.68. The quantitative estimate of drug-likeness (QED) is 0.238. The average Bonchev–Trinajstić information content (AvgIpc) is 3.53. The minimum absolute atomic E-state index is 0.252. The van der Waals surface area contributed by atoms with Crippen LogP contribution in [0.25, 0.3) is 16.9 Å². The van der Waals surface area contributed by atoms with Gasteiger partial charge in [0.15, 0.2) is 17.5 Å². The van der Waals surface area contributed by atoms with Gasteiger partial charge in [-0.3, -0.25) is 5.32 Å². The molecule has 1 aliphatic rings. The molecule has 0 aliphatic carbocycles. The van der Waals surface area contributed by atoms with Gasteiger partial charge in [-0.05, 0) is 61.7 Å². The number of urea groups is 1. The zero-order chi connectivity index (χ0) is 31.4. The standard InChI is InChI=1S/C31H34F2N6O4S/c1-19-28(21-11-13-27(34-18-21)38-44(3,4)41)37-39(22-8-6-5-7-9-22)30(19)36-31(40)35-26-17-23(14-15-42-2)43-29(26)20-10-12-24(32)25(33)16-20/h5-13,16,18,23,26,29H,14-15,17H2,1-4H3,(H2,35,36,40)/t23-,26-,29+/m1/s1. The Bertz CT molecular complexity index is 1750. The molecule has 0 spiro atoms. The van der Waals surface area contributed by atoms with Crippen LogP contribution in [0.4, 0.5) is 25.2 Å². The van der Waals surface area contributed by atoms with Gasteiger partial charge >= 0.3 is 6.03 Å². The van der Waals surface area contributed by atoms with Gasteiger partial charge in [-0.15, -0.1) is 0 Å². The number of ether oxygens (including phenoxy) is 2. The van der Waals surface area contributed by atoms with E-state index in [4.69, 9.17) is 14.6 Å². The van der Waals surface area contributed by atoms with E-state index >= 15 is 0 Å². The molecule has 232 valence electrons. The molecule has 2 amide bonds. The molecule has 44 heavy (non-hydrogen) atoms. The second-order valence-corrected chi connectivity index (χ2v) is 13.4. The van der Waals surface area contributed by atoms with Crippen LogP contribution in [0.2, 0.25) is 0 Å². The average molecular weight is 625 g/mol. The lowest BCUT2D eigenvalue weighted by Crippen LogP contribution is -2.40. The summed E-state index contributed by atoms with van der Waals surface area (Å²) >= 11 is 0. The van der Waals surface area contributed by atoms with Gasteiger partial charge in [-0.2, -0.15) is 9.46 Å². The molecule has 0 radical (unpaired) electrons. The van der Waals surface area contributed by atoms with Crippen molar-refractivity contribution < 1.29 is 27.3 Å². The van der Waals surface area contributed by atoms with Crippen molar-refractivity contribution in [3.05, 3.63) is 89.6 Å². The number of methoxy groups -OCH3 is 1. The molecule has 0 bridgehead atoms. The third-order valence-electron chi connectivity index (χ3n) is 7.14. The Balaban J connectivity index is 1.43. The van der Waals surface area contributed by atoms with Gasteiger partial charge in [0.25, 0.3) is 0 Å². The van der Waals surface area contributed by atoms with E-state index in [-0.39, 0.29) is 6.10 Å². The number of carbonyl (C=O) groups is 1. The number of nitrogens with zero attached hydrogens (tertiary/aromatic N) is 4. The van der Waals surface area contributed by atoms with E-state index in [1.165, 1.54) is 18.6 Å².